The Balaban J connectivity index is 1.71. The molecule has 0 aliphatic rings. The fraction of sp³-hybridized carbons (Fsp3) is 0.136. The van der Waals surface area contributed by atoms with E-state index in [1.54, 1.807) is 24.4 Å². The predicted molar refractivity (Wildman–Crippen MR) is 111 cm³/mol. The number of hydrogen-bond donors (Lipinski definition) is 2. The molecule has 3 rings (SSSR count). The van der Waals surface area contributed by atoms with E-state index in [4.69, 9.17) is 4.74 Å². The Bertz CT molecular complexity index is 1070. The lowest BCUT2D eigenvalue weighted by Gasteiger charge is -2.08. The topological polar surface area (TPSA) is 92.9 Å². The lowest BCUT2D eigenvalue weighted by Crippen LogP contribution is -2.30. The molecule has 1 amide bonds. The van der Waals surface area contributed by atoms with Crippen molar-refractivity contribution in [1.82, 2.24) is 9.99 Å². The number of ether oxygens (including phenoxy) is 1. The third kappa shape index (κ3) is 5.10. The molecule has 29 heavy (non-hydrogen) atoms. The molecule has 0 radical (unpaired) electrons. The maximum absolute atomic E-state index is 12.6. The van der Waals surface area contributed by atoms with Crippen LogP contribution in [0.3, 0.4) is 0 Å². The molecule has 0 bridgehead atoms. The largest absolute Gasteiger partial charge is 0.504 e. The Morgan fingerprint density at radius 1 is 1.17 bits per heavy atom. The summed E-state index contributed by atoms with van der Waals surface area (Å²) in [6.45, 7) is 2.59. The molecule has 1 aromatic heterocycles. The lowest BCUT2D eigenvalue weighted by atomic mass is 10.2. The number of hydrazone groups is 1. The van der Waals surface area contributed by atoms with Crippen LogP contribution in [0.4, 0.5) is 0 Å². The van der Waals surface area contributed by atoms with E-state index in [0.717, 1.165) is 5.56 Å². The zero-order valence-electron chi connectivity index (χ0n) is 15.9. The first-order valence-electron chi connectivity index (χ1n) is 9.11. The van der Waals surface area contributed by atoms with Crippen molar-refractivity contribution in [2.24, 2.45) is 5.10 Å². The van der Waals surface area contributed by atoms with Crippen molar-refractivity contribution in [1.29, 1.82) is 0 Å². The molecule has 0 spiro atoms. The van der Waals surface area contributed by atoms with E-state index in [-0.39, 0.29) is 11.3 Å². The second-order valence-corrected chi connectivity index (χ2v) is 6.20. The normalized spacial score (nSPS) is 10.8. The van der Waals surface area contributed by atoms with Crippen molar-refractivity contribution in [3.63, 3.8) is 0 Å². The van der Waals surface area contributed by atoms with Crippen LogP contribution in [-0.2, 0) is 6.54 Å². The molecule has 0 atom stereocenters. The van der Waals surface area contributed by atoms with Gasteiger partial charge in [0.2, 0.25) is 0 Å². The van der Waals surface area contributed by atoms with Crippen molar-refractivity contribution >= 4 is 12.1 Å². The molecule has 0 aliphatic heterocycles. The Hall–Kier alpha value is -3.87. The minimum atomic E-state index is -0.600. The van der Waals surface area contributed by atoms with Crippen LogP contribution in [0, 0.1) is 0 Å². The molecule has 0 saturated heterocycles. The quantitative estimate of drug-likeness (QED) is 0.478. The van der Waals surface area contributed by atoms with Gasteiger partial charge in [0.15, 0.2) is 11.5 Å². The Morgan fingerprint density at radius 3 is 2.72 bits per heavy atom. The average Bonchev–Trinajstić information content (AvgIpc) is 2.73. The first kappa shape index (κ1) is 19.9. The molecule has 0 unspecified atom stereocenters. The highest BCUT2D eigenvalue weighted by Gasteiger charge is 2.11. The molecular formula is C22H21N3O4. The number of pyridine rings is 1. The number of nitrogens with zero attached hydrogens (tertiary/aromatic N) is 2. The Labute approximate surface area is 167 Å². The minimum Gasteiger partial charge on any atom is -0.504 e. The van der Waals surface area contributed by atoms with Gasteiger partial charge in [0, 0.05) is 6.20 Å². The van der Waals surface area contributed by atoms with E-state index in [2.05, 4.69) is 10.5 Å². The fourth-order valence-electron chi connectivity index (χ4n) is 2.72. The van der Waals surface area contributed by atoms with Gasteiger partial charge in [0.1, 0.15) is 5.56 Å². The monoisotopic (exact) mass is 391 g/mol. The Kier molecular flexibility index (Phi) is 6.42. The zero-order chi connectivity index (χ0) is 20.6. The van der Waals surface area contributed by atoms with Crippen molar-refractivity contribution in [2.45, 2.75) is 13.5 Å². The first-order valence-corrected chi connectivity index (χ1v) is 9.11. The van der Waals surface area contributed by atoms with Crippen molar-refractivity contribution < 1.29 is 14.6 Å². The number of amides is 1. The van der Waals surface area contributed by atoms with Crippen molar-refractivity contribution in [3.05, 3.63) is 93.9 Å². The van der Waals surface area contributed by atoms with Crippen LogP contribution >= 0.6 is 0 Å². The number of aromatic nitrogens is 1. The fourth-order valence-corrected chi connectivity index (χ4v) is 2.72. The number of benzene rings is 2. The van der Waals surface area contributed by atoms with E-state index in [1.165, 1.54) is 22.9 Å². The summed E-state index contributed by atoms with van der Waals surface area (Å²) < 4.78 is 6.78. The molecule has 0 fully saturated rings. The number of phenolic OH excluding ortho intramolecular Hbond substituents is 1. The van der Waals surface area contributed by atoms with Crippen LogP contribution in [-0.4, -0.2) is 28.4 Å². The summed E-state index contributed by atoms with van der Waals surface area (Å²) >= 11 is 0. The summed E-state index contributed by atoms with van der Waals surface area (Å²) in [6, 6.07) is 17.3. The maximum Gasteiger partial charge on any atom is 0.276 e. The smallest absolute Gasteiger partial charge is 0.276 e. The molecule has 148 valence electrons. The zero-order valence-corrected chi connectivity index (χ0v) is 15.9. The third-order valence-electron chi connectivity index (χ3n) is 4.12. The van der Waals surface area contributed by atoms with Gasteiger partial charge in [-0.05, 0) is 48.4 Å². The molecular weight excluding hydrogens is 370 g/mol. The van der Waals surface area contributed by atoms with Gasteiger partial charge in [-0.3, -0.25) is 9.59 Å². The third-order valence-corrected chi connectivity index (χ3v) is 4.12. The van der Waals surface area contributed by atoms with Gasteiger partial charge in [0.05, 0.1) is 19.4 Å². The molecule has 1 heterocycles. The van der Waals surface area contributed by atoms with E-state index in [9.17, 15) is 14.7 Å². The number of hydrogen-bond acceptors (Lipinski definition) is 5. The number of rotatable bonds is 7. The molecule has 3 aromatic rings. The summed E-state index contributed by atoms with van der Waals surface area (Å²) in [4.78, 5) is 25.0. The highest BCUT2D eigenvalue weighted by Crippen LogP contribution is 2.26. The van der Waals surface area contributed by atoms with E-state index in [1.807, 2.05) is 37.3 Å². The number of phenols is 1. The van der Waals surface area contributed by atoms with Crippen LogP contribution in [0.5, 0.6) is 11.5 Å². The summed E-state index contributed by atoms with van der Waals surface area (Å²) in [5.41, 5.74) is 3.55. The predicted octanol–water partition coefficient (Wildman–Crippen LogP) is 2.76. The number of carbonyl (C=O) groups is 1. The number of carbonyl (C=O) groups excluding carboxylic acids is 1. The number of nitrogens with one attached hydrogen (secondary N) is 1. The van der Waals surface area contributed by atoms with Crippen LogP contribution in [0.15, 0.2) is 76.8 Å². The van der Waals surface area contributed by atoms with Crippen LogP contribution < -0.4 is 15.7 Å². The van der Waals surface area contributed by atoms with Crippen LogP contribution in [0.1, 0.15) is 28.4 Å². The van der Waals surface area contributed by atoms with E-state index < -0.39 is 11.5 Å². The van der Waals surface area contributed by atoms with Gasteiger partial charge in [-0.2, -0.15) is 5.10 Å². The summed E-state index contributed by atoms with van der Waals surface area (Å²) in [7, 11) is 0. The van der Waals surface area contributed by atoms with Gasteiger partial charge in [-0.1, -0.05) is 30.3 Å². The number of aromatic hydroxyl groups is 1. The first-order chi connectivity index (χ1) is 14.1. The lowest BCUT2D eigenvalue weighted by molar-refractivity contribution is 0.0953. The standard InChI is InChI=1S/C22H21N3O4/c1-2-29-20-13-17(10-11-19(20)26)14-23-24-21(27)18-9-6-12-25(22(18)28)15-16-7-4-3-5-8-16/h3-14,26H,2,15H2,1H3,(H,24,27)/b23-14-. The summed E-state index contributed by atoms with van der Waals surface area (Å²) in [5, 5.41) is 13.6. The average molecular weight is 391 g/mol. The minimum absolute atomic E-state index is 0.00120. The van der Waals surface area contributed by atoms with Gasteiger partial charge < -0.3 is 14.4 Å². The van der Waals surface area contributed by atoms with Gasteiger partial charge in [-0.25, -0.2) is 5.43 Å². The van der Waals surface area contributed by atoms with E-state index in [0.29, 0.717) is 24.5 Å². The SMILES string of the molecule is CCOc1cc(/C=N\NC(=O)c2cccn(Cc3ccccc3)c2=O)ccc1O. The summed E-state index contributed by atoms with van der Waals surface area (Å²) in [5.74, 6) is -0.247. The Morgan fingerprint density at radius 2 is 1.97 bits per heavy atom. The van der Waals surface area contributed by atoms with Gasteiger partial charge in [-0.15, -0.1) is 0 Å². The summed E-state index contributed by atoms with van der Waals surface area (Å²) in [6.07, 6.45) is 3.05. The highest BCUT2D eigenvalue weighted by molar-refractivity contribution is 5.94. The molecule has 2 N–H and O–H groups in total. The van der Waals surface area contributed by atoms with E-state index >= 15 is 0 Å². The van der Waals surface area contributed by atoms with Crippen LogP contribution in [0.25, 0.3) is 0 Å². The molecule has 2 aromatic carbocycles. The van der Waals surface area contributed by atoms with Crippen LogP contribution in [0.2, 0.25) is 0 Å². The molecule has 7 nitrogen and oxygen atoms in total. The highest BCUT2D eigenvalue weighted by atomic mass is 16.5. The van der Waals surface area contributed by atoms with Gasteiger partial charge in [0.25, 0.3) is 11.5 Å². The second kappa shape index (κ2) is 9.36. The van der Waals surface area contributed by atoms with Crippen molar-refractivity contribution in [2.75, 3.05) is 6.61 Å². The molecule has 0 saturated carbocycles. The van der Waals surface area contributed by atoms with Gasteiger partial charge >= 0.3 is 0 Å². The molecule has 0 aliphatic carbocycles. The maximum atomic E-state index is 12.6. The second-order valence-electron chi connectivity index (χ2n) is 6.20. The van der Waals surface area contributed by atoms with Crippen molar-refractivity contribution in [3.8, 4) is 11.5 Å². The molecule has 7 heteroatoms.